The lowest BCUT2D eigenvalue weighted by Crippen LogP contribution is -2.38. The van der Waals surface area contributed by atoms with Crippen LogP contribution in [-0.2, 0) is 17.8 Å². The molecule has 1 heterocycles. The maximum absolute atomic E-state index is 5.71. The van der Waals surface area contributed by atoms with Gasteiger partial charge in [0.2, 0.25) is 0 Å². The number of hydrogen-bond acceptors (Lipinski definition) is 4. The van der Waals surface area contributed by atoms with E-state index in [2.05, 4.69) is 27.5 Å². The zero-order valence-electron chi connectivity index (χ0n) is 16.7. The molecule has 0 aliphatic heterocycles. The first kappa shape index (κ1) is 24.2. The number of aromatic nitrogens is 1. The molecule has 0 saturated heterocycles. The first-order valence-corrected chi connectivity index (χ1v) is 9.44. The molecule has 2 N–H and O–H groups in total. The third kappa shape index (κ3) is 9.89. The molecule has 1 aromatic carbocycles. The molecule has 154 valence electrons. The van der Waals surface area contributed by atoms with Crippen molar-refractivity contribution in [1.29, 1.82) is 0 Å². The number of aliphatic imine (C=N–C) groups is 1. The molecule has 6 nitrogen and oxygen atoms in total. The Morgan fingerprint density at radius 1 is 1.11 bits per heavy atom. The van der Waals surface area contributed by atoms with Crippen LogP contribution in [0.2, 0.25) is 0 Å². The molecule has 1 aromatic heterocycles. The lowest BCUT2D eigenvalue weighted by atomic mass is 10.2. The van der Waals surface area contributed by atoms with E-state index in [1.54, 1.807) is 7.11 Å². The minimum absolute atomic E-state index is 0. The second kappa shape index (κ2) is 15.1. The van der Waals surface area contributed by atoms with E-state index in [1.165, 1.54) is 0 Å². The summed E-state index contributed by atoms with van der Waals surface area (Å²) in [5.74, 6) is 1.70. The summed E-state index contributed by atoms with van der Waals surface area (Å²) in [6, 6.07) is 13.9. The number of hydrogen-bond donors (Lipinski definition) is 2. The Morgan fingerprint density at radius 2 is 1.93 bits per heavy atom. The molecule has 0 unspecified atom stereocenters. The number of pyridine rings is 1. The second-order valence-corrected chi connectivity index (χ2v) is 6.01. The van der Waals surface area contributed by atoms with Gasteiger partial charge in [-0.25, -0.2) is 0 Å². The summed E-state index contributed by atoms with van der Waals surface area (Å²) in [5, 5.41) is 6.61. The number of halogens is 1. The van der Waals surface area contributed by atoms with Crippen molar-refractivity contribution in [2.24, 2.45) is 4.99 Å². The van der Waals surface area contributed by atoms with Gasteiger partial charge in [0.25, 0.3) is 0 Å². The van der Waals surface area contributed by atoms with Gasteiger partial charge in [0, 0.05) is 44.6 Å². The molecule has 28 heavy (non-hydrogen) atoms. The number of nitrogens with one attached hydrogen (secondary N) is 2. The Balaban J connectivity index is 0.00000392. The van der Waals surface area contributed by atoms with Gasteiger partial charge in [-0.15, -0.1) is 24.0 Å². The maximum atomic E-state index is 5.71. The minimum Gasteiger partial charge on any atom is -0.497 e. The number of nitrogens with zero attached hydrogens (tertiary/aromatic N) is 2. The average molecular weight is 498 g/mol. The summed E-state index contributed by atoms with van der Waals surface area (Å²) < 4.78 is 10.9. The van der Waals surface area contributed by atoms with E-state index in [1.807, 2.05) is 48.7 Å². The highest BCUT2D eigenvalue weighted by atomic mass is 127. The van der Waals surface area contributed by atoms with Crippen molar-refractivity contribution >= 4 is 29.9 Å². The zero-order valence-corrected chi connectivity index (χ0v) is 19.0. The van der Waals surface area contributed by atoms with Gasteiger partial charge in [-0.05, 0) is 43.2 Å². The third-order valence-electron chi connectivity index (χ3n) is 3.89. The summed E-state index contributed by atoms with van der Waals surface area (Å²) >= 11 is 0. The van der Waals surface area contributed by atoms with Gasteiger partial charge >= 0.3 is 0 Å². The predicted octanol–water partition coefficient (Wildman–Crippen LogP) is 3.41. The SMILES string of the molecule is CCNC(=NCCCOCc1ccc(OC)cc1)NCCc1ccccn1.I. The van der Waals surface area contributed by atoms with Crippen molar-refractivity contribution in [3.05, 3.63) is 59.9 Å². The average Bonchev–Trinajstić information content (AvgIpc) is 2.71. The van der Waals surface area contributed by atoms with Crippen LogP contribution in [0, 0.1) is 0 Å². The van der Waals surface area contributed by atoms with Crippen LogP contribution in [0.5, 0.6) is 5.75 Å². The Kier molecular flexibility index (Phi) is 13.0. The fourth-order valence-corrected chi connectivity index (χ4v) is 2.47. The predicted molar refractivity (Wildman–Crippen MR) is 125 cm³/mol. The van der Waals surface area contributed by atoms with Crippen molar-refractivity contribution in [3.63, 3.8) is 0 Å². The monoisotopic (exact) mass is 498 g/mol. The fraction of sp³-hybridized carbons (Fsp3) is 0.429. The quantitative estimate of drug-likeness (QED) is 0.215. The number of ether oxygens (including phenoxy) is 2. The summed E-state index contributed by atoms with van der Waals surface area (Å²) in [4.78, 5) is 8.92. The summed E-state index contributed by atoms with van der Waals surface area (Å²) in [6.07, 6.45) is 3.57. The maximum Gasteiger partial charge on any atom is 0.191 e. The zero-order chi connectivity index (χ0) is 19.2. The first-order chi connectivity index (χ1) is 13.3. The molecule has 0 amide bonds. The van der Waals surface area contributed by atoms with Gasteiger partial charge in [-0.2, -0.15) is 0 Å². The summed E-state index contributed by atoms with van der Waals surface area (Å²) in [6.45, 7) is 5.72. The molecule has 0 fully saturated rings. The van der Waals surface area contributed by atoms with Gasteiger partial charge in [0.05, 0.1) is 13.7 Å². The molecule has 7 heteroatoms. The van der Waals surface area contributed by atoms with Gasteiger partial charge in [0.15, 0.2) is 5.96 Å². The molecular formula is C21H31IN4O2. The van der Waals surface area contributed by atoms with Crippen molar-refractivity contribution in [2.75, 3.05) is 33.4 Å². The van der Waals surface area contributed by atoms with Crippen LogP contribution >= 0.6 is 24.0 Å². The smallest absolute Gasteiger partial charge is 0.191 e. The molecule has 0 aliphatic carbocycles. The topological polar surface area (TPSA) is 67.8 Å². The Labute approximate surface area is 185 Å². The Bertz CT molecular complexity index is 666. The second-order valence-electron chi connectivity index (χ2n) is 6.01. The van der Waals surface area contributed by atoms with Crippen molar-refractivity contribution < 1.29 is 9.47 Å². The molecule has 0 atom stereocenters. The van der Waals surface area contributed by atoms with Crippen molar-refractivity contribution in [2.45, 2.75) is 26.4 Å². The first-order valence-electron chi connectivity index (χ1n) is 9.44. The lowest BCUT2D eigenvalue weighted by Gasteiger charge is -2.11. The summed E-state index contributed by atoms with van der Waals surface area (Å²) in [7, 11) is 1.67. The Morgan fingerprint density at radius 3 is 2.61 bits per heavy atom. The number of rotatable bonds is 11. The molecule has 2 rings (SSSR count). The van der Waals surface area contributed by atoms with Crippen LogP contribution in [0.4, 0.5) is 0 Å². The number of benzene rings is 1. The molecule has 0 radical (unpaired) electrons. The highest BCUT2D eigenvalue weighted by Gasteiger charge is 1.99. The van der Waals surface area contributed by atoms with Gasteiger partial charge in [-0.3, -0.25) is 9.98 Å². The minimum atomic E-state index is 0. The van der Waals surface area contributed by atoms with Crippen molar-refractivity contribution in [1.82, 2.24) is 15.6 Å². The van der Waals surface area contributed by atoms with E-state index >= 15 is 0 Å². The summed E-state index contributed by atoms with van der Waals surface area (Å²) in [5.41, 5.74) is 2.22. The van der Waals surface area contributed by atoms with Crippen LogP contribution in [0.3, 0.4) is 0 Å². The van der Waals surface area contributed by atoms with E-state index in [0.29, 0.717) is 13.2 Å². The van der Waals surface area contributed by atoms with Crippen LogP contribution in [-0.4, -0.2) is 44.3 Å². The fourth-order valence-electron chi connectivity index (χ4n) is 2.47. The van der Waals surface area contributed by atoms with Gasteiger partial charge in [-0.1, -0.05) is 18.2 Å². The molecule has 2 aromatic rings. The van der Waals surface area contributed by atoms with E-state index < -0.39 is 0 Å². The molecule has 0 saturated carbocycles. The highest BCUT2D eigenvalue weighted by molar-refractivity contribution is 14.0. The highest BCUT2D eigenvalue weighted by Crippen LogP contribution is 2.11. The lowest BCUT2D eigenvalue weighted by molar-refractivity contribution is 0.120. The van der Waals surface area contributed by atoms with Crippen LogP contribution in [0.15, 0.2) is 53.7 Å². The number of guanidine groups is 1. The standard InChI is InChI=1S/C21H30N4O2.HI/c1-3-22-21(25-15-12-19-7-4-5-13-23-19)24-14-6-16-27-17-18-8-10-20(26-2)11-9-18;/h4-5,7-11,13H,3,6,12,14-17H2,1-2H3,(H2,22,24,25);1H. The van der Waals surface area contributed by atoms with E-state index in [9.17, 15) is 0 Å². The third-order valence-corrected chi connectivity index (χ3v) is 3.89. The van der Waals surface area contributed by atoms with Gasteiger partial charge < -0.3 is 20.1 Å². The molecular weight excluding hydrogens is 467 g/mol. The van der Waals surface area contributed by atoms with Gasteiger partial charge in [0.1, 0.15) is 5.75 Å². The molecule has 0 bridgehead atoms. The largest absolute Gasteiger partial charge is 0.497 e. The van der Waals surface area contributed by atoms with E-state index in [-0.39, 0.29) is 24.0 Å². The van der Waals surface area contributed by atoms with E-state index in [4.69, 9.17) is 9.47 Å². The van der Waals surface area contributed by atoms with Crippen LogP contribution in [0.1, 0.15) is 24.6 Å². The normalized spacial score (nSPS) is 10.9. The number of methoxy groups -OCH3 is 1. The molecule has 0 spiro atoms. The molecule has 0 aliphatic rings. The van der Waals surface area contributed by atoms with Crippen molar-refractivity contribution in [3.8, 4) is 5.75 Å². The van der Waals surface area contributed by atoms with Crippen LogP contribution in [0.25, 0.3) is 0 Å². The van der Waals surface area contributed by atoms with E-state index in [0.717, 1.165) is 55.4 Å². The van der Waals surface area contributed by atoms with Crippen LogP contribution < -0.4 is 15.4 Å². The Hall–Kier alpha value is -1.87.